The fraction of sp³-hybridized carbons (Fsp3) is 0.273. The van der Waals surface area contributed by atoms with Crippen LogP contribution in [0.2, 0.25) is 0 Å². The number of thiazole rings is 1. The molecule has 2 aromatic carbocycles. The first-order valence-corrected chi connectivity index (χ1v) is 10.6. The molecule has 0 spiro atoms. The minimum absolute atomic E-state index is 0.0899. The molecular formula is C22H21N3O3S. The Morgan fingerprint density at radius 1 is 1.17 bits per heavy atom. The van der Waals surface area contributed by atoms with Crippen LogP contribution in [0.5, 0.6) is 0 Å². The molecule has 1 fully saturated rings. The molecule has 0 saturated carbocycles. The van der Waals surface area contributed by atoms with Gasteiger partial charge in [0.25, 0.3) is 0 Å². The second-order valence-corrected chi connectivity index (χ2v) is 8.04. The summed E-state index contributed by atoms with van der Waals surface area (Å²) < 4.78 is 11.1. The number of aromatic nitrogens is 1. The first-order valence-electron chi connectivity index (χ1n) is 9.68. The second-order valence-electron chi connectivity index (χ2n) is 7.18. The number of carbonyl (C=O) groups excluding carboxylic acids is 1. The molecule has 2 aromatic heterocycles. The summed E-state index contributed by atoms with van der Waals surface area (Å²) in [5.41, 5.74) is 2.67. The van der Waals surface area contributed by atoms with E-state index in [0.717, 1.165) is 65.8 Å². The van der Waals surface area contributed by atoms with Gasteiger partial charge in [-0.25, -0.2) is 4.98 Å². The molecule has 1 N–H and O–H groups in total. The van der Waals surface area contributed by atoms with Crippen molar-refractivity contribution in [2.75, 3.05) is 31.6 Å². The van der Waals surface area contributed by atoms with Crippen molar-refractivity contribution in [3.63, 3.8) is 0 Å². The number of rotatable bonds is 5. The van der Waals surface area contributed by atoms with Crippen molar-refractivity contribution in [1.29, 1.82) is 0 Å². The van der Waals surface area contributed by atoms with E-state index < -0.39 is 0 Å². The van der Waals surface area contributed by atoms with Crippen LogP contribution in [0.25, 0.3) is 21.7 Å². The van der Waals surface area contributed by atoms with Gasteiger partial charge in [0.15, 0.2) is 5.13 Å². The number of fused-ring (bicyclic) bond motifs is 3. The number of benzene rings is 2. The number of anilines is 1. The van der Waals surface area contributed by atoms with Gasteiger partial charge in [-0.05, 0) is 16.8 Å². The van der Waals surface area contributed by atoms with Crippen LogP contribution >= 0.6 is 11.3 Å². The number of hydrogen-bond acceptors (Lipinski definition) is 6. The standard InChI is InChI=1S/C22H21N3O3S/c26-20(24-22-23-17(14-29-22)12-25-7-9-27-10-8-25)11-16-13-28-19-6-5-15-3-1-2-4-18(15)21(16)19/h1-6,13-14H,7-12H2,(H,23,24,26). The summed E-state index contributed by atoms with van der Waals surface area (Å²) in [6.45, 7) is 4.15. The number of nitrogens with one attached hydrogen (secondary N) is 1. The number of hydrogen-bond donors (Lipinski definition) is 1. The minimum Gasteiger partial charge on any atom is -0.464 e. The average Bonchev–Trinajstić information content (AvgIpc) is 3.35. The summed E-state index contributed by atoms with van der Waals surface area (Å²) in [5.74, 6) is -0.0899. The van der Waals surface area contributed by atoms with Crippen LogP contribution in [0.15, 0.2) is 52.5 Å². The molecule has 5 rings (SSSR count). The maximum absolute atomic E-state index is 12.6. The second kappa shape index (κ2) is 7.94. The van der Waals surface area contributed by atoms with Crippen LogP contribution in [0.3, 0.4) is 0 Å². The molecule has 7 heteroatoms. The first-order chi connectivity index (χ1) is 14.3. The van der Waals surface area contributed by atoms with E-state index in [2.05, 4.69) is 27.3 Å². The third-order valence-electron chi connectivity index (χ3n) is 5.18. The molecule has 1 saturated heterocycles. The lowest BCUT2D eigenvalue weighted by atomic mass is 10.0. The average molecular weight is 407 g/mol. The van der Waals surface area contributed by atoms with Gasteiger partial charge in [-0.15, -0.1) is 11.3 Å². The summed E-state index contributed by atoms with van der Waals surface area (Å²) in [6, 6.07) is 12.1. The molecule has 6 nitrogen and oxygen atoms in total. The predicted octanol–water partition coefficient (Wildman–Crippen LogP) is 4.06. The lowest BCUT2D eigenvalue weighted by Gasteiger charge is -2.25. The molecule has 1 aliphatic rings. The molecule has 0 radical (unpaired) electrons. The lowest BCUT2D eigenvalue weighted by molar-refractivity contribution is -0.115. The van der Waals surface area contributed by atoms with Crippen molar-refractivity contribution in [2.24, 2.45) is 0 Å². The summed E-state index contributed by atoms with van der Waals surface area (Å²) in [7, 11) is 0. The molecular weight excluding hydrogens is 386 g/mol. The number of ether oxygens (including phenoxy) is 1. The fourth-order valence-electron chi connectivity index (χ4n) is 3.77. The summed E-state index contributed by atoms with van der Waals surface area (Å²) in [5, 5.41) is 8.82. The van der Waals surface area contributed by atoms with E-state index in [0.29, 0.717) is 5.13 Å². The van der Waals surface area contributed by atoms with E-state index in [9.17, 15) is 4.79 Å². The quantitative estimate of drug-likeness (QED) is 0.540. The van der Waals surface area contributed by atoms with E-state index in [1.165, 1.54) is 11.3 Å². The Hall–Kier alpha value is -2.74. The Bertz CT molecular complexity index is 1160. The summed E-state index contributed by atoms with van der Waals surface area (Å²) >= 11 is 1.46. The highest BCUT2D eigenvalue weighted by molar-refractivity contribution is 7.13. The van der Waals surface area contributed by atoms with E-state index >= 15 is 0 Å². The molecule has 0 aliphatic carbocycles. The van der Waals surface area contributed by atoms with Gasteiger partial charge in [0.05, 0.1) is 31.6 Å². The van der Waals surface area contributed by atoms with E-state index in [1.807, 2.05) is 29.6 Å². The van der Waals surface area contributed by atoms with Crippen LogP contribution in [0.4, 0.5) is 5.13 Å². The summed E-state index contributed by atoms with van der Waals surface area (Å²) in [6.07, 6.45) is 1.93. The number of carbonyl (C=O) groups is 1. The van der Waals surface area contributed by atoms with Crippen LogP contribution in [0.1, 0.15) is 11.3 Å². The van der Waals surface area contributed by atoms with Gasteiger partial charge in [-0.1, -0.05) is 30.3 Å². The zero-order chi connectivity index (χ0) is 19.6. The van der Waals surface area contributed by atoms with Crippen LogP contribution in [-0.2, 0) is 22.5 Å². The maximum atomic E-state index is 12.6. The Kier molecular flexibility index (Phi) is 5.01. The van der Waals surface area contributed by atoms with Gasteiger partial charge < -0.3 is 14.5 Å². The Balaban J connectivity index is 1.29. The maximum Gasteiger partial charge on any atom is 0.230 e. The van der Waals surface area contributed by atoms with Crippen molar-refractivity contribution < 1.29 is 13.9 Å². The third-order valence-corrected chi connectivity index (χ3v) is 5.99. The van der Waals surface area contributed by atoms with Crippen molar-refractivity contribution in [3.8, 4) is 0 Å². The van der Waals surface area contributed by atoms with Gasteiger partial charge in [0.1, 0.15) is 5.58 Å². The molecule has 1 aliphatic heterocycles. The third kappa shape index (κ3) is 3.89. The summed E-state index contributed by atoms with van der Waals surface area (Å²) in [4.78, 5) is 19.5. The van der Waals surface area contributed by atoms with Crippen LogP contribution in [-0.4, -0.2) is 42.1 Å². The van der Waals surface area contributed by atoms with Crippen molar-refractivity contribution in [1.82, 2.24) is 9.88 Å². The topological polar surface area (TPSA) is 67.6 Å². The molecule has 4 aromatic rings. The molecule has 148 valence electrons. The largest absolute Gasteiger partial charge is 0.464 e. The number of nitrogens with zero attached hydrogens (tertiary/aromatic N) is 2. The lowest BCUT2D eigenvalue weighted by Crippen LogP contribution is -2.35. The molecule has 3 heterocycles. The predicted molar refractivity (Wildman–Crippen MR) is 114 cm³/mol. The van der Waals surface area contributed by atoms with Gasteiger partial charge in [0.2, 0.25) is 5.91 Å². The SMILES string of the molecule is O=C(Cc1coc2ccc3ccccc3c12)Nc1nc(CN2CCOCC2)cs1. The highest BCUT2D eigenvalue weighted by atomic mass is 32.1. The Labute approximate surface area is 172 Å². The fourth-order valence-corrected chi connectivity index (χ4v) is 4.48. The zero-order valence-corrected chi connectivity index (χ0v) is 16.7. The van der Waals surface area contributed by atoms with E-state index in [4.69, 9.17) is 9.15 Å². The number of furan rings is 1. The Morgan fingerprint density at radius 2 is 2.03 bits per heavy atom. The zero-order valence-electron chi connectivity index (χ0n) is 15.9. The molecule has 0 atom stereocenters. The molecule has 0 bridgehead atoms. The van der Waals surface area contributed by atoms with Gasteiger partial charge in [-0.3, -0.25) is 9.69 Å². The molecule has 29 heavy (non-hydrogen) atoms. The monoisotopic (exact) mass is 407 g/mol. The highest BCUT2D eigenvalue weighted by Gasteiger charge is 2.16. The van der Waals surface area contributed by atoms with Gasteiger partial charge in [-0.2, -0.15) is 0 Å². The number of morpholine rings is 1. The van der Waals surface area contributed by atoms with Crippen molar-refractivity contribution in [3.05, 3.63) is 59.3 Å². The van der Waals surface area contributed by atoms with Gasteiger partial charge >= 0.3 is 0 Å². The minimum atomic E-state index is -0.0899. The van der Waals surface area contributed by atoms with Gasteiger partial charge in [0, 0.05) is 36.0 Å². The smallest absolute Gasteiger partial charge is 0.230 e. The number of amides is 1. The molecule has 0 unspecified atom stereocenters. The van der Waals surface area contributed by atoms with Crippen LogP contribution < -0.4 is 5.32 Å². The van der Waals surface area contributed by atoms with E-state index in [-0.39, 0.29) is 12.3 Å². The van der Waals surface area contributed by atoms with Crippen molar-refractivity contribution >= 4 is 44.1 Å². The Morgan fingerprint density at radius 3 is 2.93 bits per heavy atom. The van der Waals surface area contributed by atoms with E-state index in [1.54, 1.807) is 6.26 Å². The first kappa shape index (κ1) is 18.3. The molecule has 1 amide bonds. The van der Waals surface area contributed by atoms with Crippen molar-refractivity contribution in [2.45, 2.75) is 13.0 Å². The normalized spacial score (nSPS) is 15.2. The highest BCUT2D eigenvalue weighted by Crippen LogP contribution is 2.30. The van der Waals surface area contributed by atoms with Crippen LogP contribution in [0, 0.1) is 0 Å².